The molecule has 5 heteroatoms. The Morgan fingerprint density at radius 3 is 2.42 bits per heavy atom. The number of hydrogen-bond donors (Lipinski definition) is 0. The Morgan fingerprint density at radius 2 is 1.81 bits per heavy atom. The lowest BCUT2D eigenvalue weighted by atomic mass is 10.1. The van der Waals surface area contributed by atoms with Gasteiger partial charge in [-0.1, -0.05) is 73.1 Å². The van der Waals surface area contributed by atoms with Gasteiger partial charge in [-0.15, -0.1) is 0 Å². The van der Waals surface area contributed by atoms with Crippen molar-refractivity contribution in [1.82, 2.24) is 4.90 Å². The zero-order valence-corrected chi connectivity index (χ0v) is 17.0. The Kier molecular flexibility index (Phi) is 8.05. The third-order valence-electron chi connectivity index (χ3n) is 4.18. The van der Waals surface area contributed by atoms with Crippen molar-refractivity contribution < 1.29 is 4.74 Å². The van der Waals surface area contributed by atoms with Crippen molar-refractivity contribution in [2.75, 3.05) is 6.54 Å². The molecule has 2 nitrogen and oxygen atoms in total. The first-order valence-electron chi connectivity index (χ1n) is 8.33. The molecule has 1 unspecified atom stereocenters. The summed E-state index contributed by atoms with van der Waals surface area (Å²) in [5.41, 5.74) is 3.02. The van der Waals surface area contributed by atoms with Crippen LogP contribution in [0, 0.1) is 0 Å². The molecule has 2 rings (SSSR count). The molecular formula is C21H22Cl3NO. The highest BCUT2D eigenvalue weighted by Gasteiger charge is 2.19. The van der Waals surface area contributed by atoms with Crippen molar-refractivity contribution in [3.05, 3.63) is 93.7 Å². The van der Waals surface area contributed by atoms with Crippen LogP contribution < -0.4 is 0 Å². The highest BCUT2D eigenvalue weighted by atomic mass is 35.5. The first kappa shape index (κ1) is 20.9. The van der Waals surface area contributed by atoms with Crippen LogP contribution >= 0.6 is 34.8 Å². The van der Waals surface area contributed by atoms with Crippen LogP contribution in [0.3, 0.4) is 0 Å². The fourth-order valence-corrected chi connectivity index (χ4v) is 3.48. The van der Waals surface area contributed by atoms with Gasteiger partial charge in [-0.25, -0.2) is 0 Å². The largest absolute Gasteiger partial charge is 0.367 e. The Labute approximate surface area is 170 Å². The highest BCUT2D eigenvalue weighted by Crippen LogP contribution is 2.31. The van der Waals surface area contributed by atoms with Crippen LogP contribution in [0.4, 0.5) is 0 Å². The Morgan fingerprint density at radius 1 is 1.08 bits per heavy atom. The van der Waals surface area contributed by atoms with Crippen molar-refractivity contribution >= 4 is 34.8 Å². The van der Waals surface area contributed by atoms with Crippen LogP contribution in [0.1, 0.15) is 29.7 Å². The molecule has 0 saturated carbocycles. The molecule has 0 saturated heterocycles. The van der Waals surface area contributed by atoms with Gasteiger partial charge in [-0.3, -0.25) is 0 Å². The number of benzene rings is 2. The Balaban J connectivity index is 2.30. The average Bonchev–Trinajstić information content (AvgIpc) is 2.63. The second-order valence-electron chi connectivity index (χ2n) is 5.76. The van der Waals surface area contributed by atoms with E-state index in [4.69, 9.17) is 39.5 Å². The molecule has 0 aliphatic carbocycles. The van der Waals surface area contributed by atoms with Gasteiger partial charge < -0.3 is 9.64 Å². The maximum atomic E-state index is 6.40. The van der Waals surface area contributed by atoms with Gasteiger partial charge in [0.1, 0.15) is 6.10 Å². The summed E-state index contributed by atoms with van der Waals surface area (Å²) >= 11 is 18.8. The first-order chi connectivity index (χ1) is 12.5. The zero-order chi connectivity index (χ0) is 19.1. The lowest BCUT2D eigenvalue weighted by molar-refractivity contribution is 0.0284. The molecule has 0 N–H and O–H groups in total. The van der Waals surface area contributed by atoms with E-state index in [9.17, 15) is 0 Å². The van der Waals surface area contributed by atoms with Crippen LogP contribution in [-0.4, -0.2) is 11.4 Å². The van der Waals surface area contributed by atoms with Crippen molar-refractivity contribution in [3.8, 4) is 0 Å². The second-order valence-corrected chi connectivity index (χ2v) is 7.01. The maximum absolute atomic E-state index is 6.40. The molecule has 0 fully saturated rings. The molecule has 0 radical (unpaired) electrons. The van der Waals surface area contributed by atoms with Crippen molar-refractivity contribution in [2.24, 2.45) is 0 Å². The van der Waals surface area contributed by atoms with Gasteiger partial charge in [0, 0.05) is 20.6 Å². The van der Waals surface area contributed by atoms with Crippen LogP contribution in [0.25, 0.3) is 0 Å². The minimum Gasteiger partial charge on any atom is -0.367 e. The average molecular weight is 411 g/mol. The van der Waals surface area contributed by atoms with Crippen molar-refractivity contribution in [1.29, 1.82) is 0 Å². The number of aryl methyl sites for hydroxylation is 1. The monoisotopic (exact) mass is 409 g/mol. The lowest BCUT2D eigenvalue weighted by Gasteiger charge is -2.25. The third-order valence-corrected chi connectivity index (χ3v) is 5.10. The van der Waals surface area contributed by atoms with Gasteiger partial charge in [0.05, 0.1) is 13.2 Å². The predicted octanol–water partition coefficient (Wildman–Crippen LogP) is 7.06. The molecule has 2 aromatic carbocycles. The fourth-order valence-electron chi connectivity index (χ4n) is 2.70. The molecule has 0 spiro atoms. The molecule has 0 aliphatic heterocycles. The van der Waals surface area contributed by atoms with E-state index in [-0.39, 0.29) is 6.10 Å². The summed E-state index contributed by atoms with van der Waals surface area (Å²) in [7, 11) is 0. The minimum absolute atomic E-state index is 0.295. The normalized spacial score (nSPS) is 11.8. The SMILES string of the molecule is C=CN(C=C)CC(OCc1c(Cl)cccc1CC)c1ccc(Cl)cc1Cl. The Hall–Kier alpha value is -1.45. The quantitative estimate of drug-likeness (QED) is 0.439. The van der Waals surface area contributed by atoms with Gasteiger partial charge in [0.2, 0.25) is 0 Å². The van der Waals surface area contributed by atoms with Crippen LogP contribution in [-0.2, 0) is 17.8 Å². The number of rotatable bonds is 9. The van der Waals surface area contributed by atoms with E-state index in [1.165, 1.54) is 5.56 Å². The van der Waals surface area contributed by atoms with Crippen molar-refractivity contribution in [2.45, 2.75) is 26.1 Å². The molecule has 0 amide bonds. The summed E-state index contributed by atoms with van der Waals surface area (Å²) in [5.74, 6) is 0. The Bertz CT molecular complexity index is 768. The first-order valence-corrected chi connectivity index (χ1v) is 9.47. The van der Waals surface area contributed by atoms with Gasteiger partial charge in [0.25, 0.3) is 0 Å². The van der Waals surface area contributed by atoms with Crippen molar-refractivity contribution in [3.63, 3.8) is 0 Å². The molecule has 138 valence electrons. The minimum atomic E-state index is -0.295. The number of nitrogens with zero attached hydrogens (tertiary/aromatic N) is 1. The topological polar surface area (TPSA) is 12.5 Å². The molecule has 0 bridgehead atoms. The molecule has 2 aromatic rings. The van der Waals surface area contributed by atoms with E-state index >= 15 is 0 Å². The predicted molar refractivity (Wildman–Crippen MR) is 112 cm³/mol. The summed E-state index contributed by atoms with van der Waals surface area (Å²) in [6.07, 6.45) is 3.98. The summed E-state index contributed by atoms with van der Waals surface area (Å²) in [6.45, 7) is 10.6. The van der Waals surface area contributed by atoms with Crippen LogP contribution in [0.2, 0.25) is 15.1 Å². The zero-order valence-electron chi connectivity index (χ0n) is 14.7. The molecular weight excluding hydrogens is 389 g/mol. The fraction of sp³-hybridized carbons (Fsp3) is 0.238. The van der Waals surface area contributed by atoms with E-state index in [0.717, 1.165) is 17.5 Å². The van der Waals surface area contributed by atoms with E-state index in [1.54, 1.807) is 24.5 Å². The molecule has 26 heavy (non-hydrogen) atoms. The van der Waals surface area contributed by atoms with E-state index in [1.807, 2.05) is 23.1 Å². The summed E-state index contributed by atoms with van der Waals surface area (Å²) in [4.78, 5) is 1.85. The standard InChI is InChI=1S/C21H22Cl3NO/c1-4-15-8-7-9-19(23)18(15)14-26-21(13-25(5-2)6-3)17-11-10-16(22)12-20(17)24/h5-12,21H,2-4,13-14H2,1H3. The second kappa shape index (κ2) is 10.0. The highest BCUT2D eigenvalue weighted by molar-refractivity contribution is 6.35. The molecule has 1 atom stereocenters. The number of ether oxygens (including phenoxy) is 1. The third kappa shape index (κ3) is 5.28. The van der Waals surface area contributed by atoms with Gasteiger partial charge in [-0.05, 0) is 48.1 Å². The van der Waals surface area contributed by atoms with Gasteiger partial charge in [-0.2, -0.15) is 0 Å². The molecule has 0 heterocycles. The van der Waals surface area contributed by atoms with E-state index < -0.39 is 0 Å². The summed E-state index contributed by atoms with van der Waals surface area (Å²) < 4.78 is 6.24. The van der Waals surface area contributed by atoms with E-state index in [2.05, 4.69) is 26.1 Å². The van der Waals surface area contributed by atoms with Crippen LogP contribution in [0.15, 0.2) is 62.0 Å². The number of halogens is 3. The van der Waals surface area contributed by atoms with Gasteiger partial charge in [0.15, 0.2) is 0 Å². The van der Waals surface area contributed by atoms with Gasteiger partial charge >= 0.3 is 0 Å². The van der Waals surface area contributed by atoms with Crippen LogP contribution in [0.5, 0.6) is 0 Å². The summed E-state index contributed by atoms with van der Waals surface area (Å²) in [5, 5.41) is 1.85. The smallest absolute Gasteiger partial charge is 0.102 e. The molecule has 0 aliphatic rings. The lowest BCUT2D eigenvalue weighted by Crippen LogP contribution is -2.21. The number of hydrogen-bond acceptors (Lipinski definition) is 2. The summed E-state index contributed by atoms with van der Waals surface area (Å²) in [6, 6.07) is 11.3. The maximum Gasteiger partial charge on any atom is 0.102 e. The van der Waals surface area contributed by atoms with E-state index in [0.29, 0.717) is 28.2 Å². The molecule has 0 aromatic heterocycles.